The van der Waals surface area contributed by atoms with Crippen LogP contribution in [0.4, 0.5) is 5.82 Å². The topological polar surface area (TPSA) is 39.7 Å². The molecular formula is C15H24N4O. The van der Waals surface area contributed by atoms with E-state index in [-0.39, 0.29) is 5.91 Å². The van der Waals surface area contributed by atoms with E-state index in [0.29, 0.717) is 11.7 Å². The number of carbonyl (C=O) groups excluding carboxylic acids is 1. The van der Waals surface area contributed by atoms with Crippen molar-refractivity contribution in [3.8, 4) is 0 Å². The molecule has 0 radical (unpaired) electrons. The Kier molecular flexibility index (Phi) is 4.60. The average Bonchev–Trinajstić information content (AvgIpc) is 2.46. The molecule has 0 aliphatic carbocycles. The highest BCUT2D eigenvalue weighted by atomic mass is 16.2. The van der Waals surface area contributed by atoms with E-state index in [1.54, 1.807) is 6.07 Å². The number of hydrogen-bond acceptors (Lipinski definition) is 4. The lowest BCUT2D eigenvalue weighted by molar-refractivity contribution is 0.0654. The number of amides is 1. The summed E-state index contributed by atoms with van der Waals surface area (Å²) in [6, 6.07) is 5.91. The van der Waals surface area contributed by atoms with Crippen LogP contribution >= 0.6 is 0 Å². The number of hydrogen-bond donors (Lipinski definition) is 0. The van der Waals surface area contributed by atoms with Gasteiger partial charge in [0.25, 0.3) is 5.91 Å². The van der Waals surface area contributed by atoms with Gasteiger partial charge in [-0.05, 0) is 45.1 Å². The SMILES string of the molecule is CN1CCC(N(C)C(=O)c2cccc(N(C)C)n2)CC1. The van der Waals surface area contributed by atoms with Gasteiger partial charge in [-0.1, -0.05) is 6.07 Å². The lowest BCUT2D eigenvalue weighted by Gasteiger charge is -2.35. The summed E-state index contributed by atoms with van der Waals surface area (Å²) in [7, 11) is 7.87. The van der Waals surface area contributed by atoms with E-state index in [1.807, 2.05) is 43.1 Å². The predicted octanol–water partition coefficient (Wildman–Crippen LogP) is 1.31. The lowest BCUT2D eigenvalue weighted by atomic mass is 10.0. The second-order valence-electron chi connectivity index (χ2n) is 5.73. The molecule has 0 atom stereocenters. The molecule has 1 aromatic heterocycles. The molecule has 1 aliphatic heterocycles. The Bertz CT molecular complexity index is 467. The second-order valence-corrected chi connectivity index (χ2v) is 5.73. The van der Waals surface area contributed by atoms with Crippen molar-refractivity contribution in [1.82, 2.24) is 14.8 Å². The van der Waals surface area contributed by atoms with Crippen LogP contribution in [0, 0.1) is 0 Å². The zero-order valence-corrected chi connectivity index (χ0v) is 12.8. The summed E-state index contributed by atoms with van der Waals surface area (Å²) >= 11 is 0. The van der Waals surface area contributed by atoms with Gasteiger partial charge in [-0.25, -0.2) is 4.98 Å². The quantitative estimate of drug-likeness (QED) is 0.834. The Hall–Kier alpha value is -1.62. The summed E-state index contributed by atoms with van der Waals surface area (Å²) in [6.07, 6.45) is 2.07. The summed E-state index contributed by atoms with van der Waals surface area (Å²) < 4.78 is 0. The van der Waals surface area contributed by atoms with Crippen LogP contribution in [0.3, 0.4) is 0 Å². The smallest absolute Gasteiger partial charge is 0.272 e. The summed E-state index contributed by atoms with van der Waals surface area (Å²) in [5, 5.41) is 0. The van der Waals surface area contributed by atoms with Crippen molar-refractivity contribution in [3.05, 3.63) is 23.9 Å². The number of nitrogens with zero attached hydrogens (tertiary/aromatic N) is 4. The van der Waals surface area contributed by atoms with Crippen molar-refractivity contribution in [2.24, 2.45) is 0 Å². The van der Waals surface area contributed by atoms with Crippen LogP contribution in [0.25, 0.3) is 0 Å². The molecule has 1 aliphatic rings. The van der Waals surface area contributed by atoms with Gasteiger partial charge in [0.2, 0.25) is 0 Å². The van der Waals surface area contributed by atoms with E-state index >= 15 is 0 Å². The van der Waals surface area contributed by atoms with E-state index in [9.17, 15) is 4.79 Å². The van der Waals surface area contributed by atoms with Gasteiger partial charge in [0.15, 0.2) is 0 Å². The van der Waals surface area contributed by atoms with E-state index in [4.69, 9.17) is 0 Å². The number of anilines is 1. The maximum Gasteiger partial charge on any atom is 0.272 e. The van der Waals surface area contributed by atoms with Crippen molar-refractivity contribution in [2.45, 2.75) is 18.9 Å². The molecule has 5 nitrogen and oxygen atoms in total. The molecule has 1 fully saturated rings. The number of aromatic nitrogens is 1. The van der Waals surface area contributed by atoms with E-state index in [2.05, 4.69) is 16.9 Å². The fourth-order valence-corrected chi connectivity index (χ4v) is 2.52. The summed E-state index contributed by atoms with van der Waals surface area (Å²) in [5.41, 5.74) is 0.526. The Labute approximate surface area is 121 Å². The maximum atomic E-state index is 12.5. The highest BCUT2D eigenvalue weighted by molar-refractivity contribution is 5.92. The van der Waals surface area contributed by atoms with Crippen LogP contribution < -0.4 is 4.90 Å². The van der Waals surface area contributed by atoms with Crippen LogP contribution in [-0.4, -0.2) is 68.0 Å². The summed E-state index contributed by atoms with van der Waals surface area (Å²) in [5.74, 6) is 0.830. The molecule has 0 saturated carbocycles. The third-order valence-corrected chi connectivity index (χ3v) is 3.97. The van der Waals surface area contributed by atoms with Gasteiger partial charge in [0, 0.05) is 27.2 Å². The van der Waals surface area contributed by atoms with Gasteiger partial charge in [0.05, 0.1) is 0 Å². The molecule has 0 N–H and O–H groups in total. The van der Waals surface area contributed by atoms with Crippen molar-refractivity contribution in [2.75, 3.05) is 46.2 Å². The molecule has 1 saturated heterocycles. The fraction of sp³-hybridized carbons (Fsp3) is 0.600. The van der Waals surface area contributed by atoms with Crippen LogP contribution in [0.15, 0.2) is 18.2 Å². The van der Waals surface area contributed by atoms with Gasteiger partial charge >= 0.3 is 0 Å². The van der Waals surface area contributed by atoms with Crippen LogP contribution in [0.2, 0.25) is 0 Å². The Morgan fingerprint density at radius 2 is 1.90 bits per heavy atom. The molecule has 20 heavy (non-hydrogen) atoms. The molecule has 2 heterocycles. The average molecular weight is 276 g/mol. The number of rotatable bonds is 3. The Morgan fingerprint density at radius 1 is 1.25 bits per heavy atom. The molecule has 1 amide bonds. The molecule has 0 aromatic carbocycles. The monoisotopic (exact) mass is 276 g/mol. The van der Waals surface area contributed by atoms with Crippen molar-refractivity contribution in [3.63, 3.8) is 0 Å². The predicted molar refractivity (Wildman–Crippen MR) is 81.2 cm³/mol. The number of piperidine rings is 1. The molecular weight excluding hydrogens is 252 g/mol. The van der Waals surface area contributed by atoms with Gasteiger partial charge in [0.1, 0.15) is 11.5 Å². The van der Waals surface area contributed by atoms with E-state index in [1.165, 1.54) is 0 Å². The first-order valence-corrected chi connectivity index (χ1v) is 7.09. The molecule has 0 bridgehead atoms. The Morgan fingerprint density at radius 3 is 2.50 bits per heavy atom. The first kappa shape index (κ1) is 14.8. The minimum absolute atomic E-state index is 0.0169. The molecule has 1 aromatic rings. The van der Waals surface area contributed by atoms with Crippen LogP contribution in [0.1, 0.15) is 23.3 Å². The molecule has 2 rings (SSSR count). The van der Waals surface area contributed by atoms with Gasteiger partial charge in [-0.2, -0.15) is 0 Å². The van der Waals surface area contributed by atoms with E-state index < -0.39 is 0 Å². The highest BCUT2D eigenvalue weighted by Gasteiger charge is 2.25. The first-order valence-electron chi connectivity index (χ1n) is 7.09. The lowest BCUT2D eigenvalue weighted by Crippen LogP contribution is -2.44. The maximum absolute atomic E-state index is 12.5. The number of likely N-dealkylation sites (tertiary alicyclic amines) is 1. The molecule has 110 valence electrons. The second kappa shape index (κ2) is 6.22. The minimum Gasteiger partial charge on any atom is -0.363 e. The molecule has 0 unspecified atom stereocenters. The third-order valence-electron chi connectivity index (χ3n) is 3.97. The standard InChI is InChI=1S/C15H24N4O/c1-17(2)14-7-5-6-13(16-14)15(20)19(4)12-8-10-18(3)11-9-12/h5-7,12H,8-11H2,1-4H3. The molecule has 0 spiro atoms. The van der Waals surface area contributed by atoms with Gasteiger partial charge < -0.3 is 14.7 Å². The van der Waals surface area contributed by atoms with Crippen molar-refractivity contribution in [1.29, 1.82) is 0 Å². The summed E-state index contributed by atoms with van der Waals surface area (Å²) in [4.78, 5) is 23.0. The fourth-order valence-electron chi connectivity index (χ4n) is 2.52. The number of carbonyl (C=O) groups is 1. The third kappa shape index (κ3) is 3.28. The van der Waals surface area contributed by atoms with Gasteiger partial charge in [-0.3, -0.25) is 4.79 Å². The largest absolute Gasteiger partial charge is 0.363 e. The van der Waals surface area contributed by atoms with Crippen molar-refractivity contribution >= 4 is 11.7 Å². The van der Waals surface area contributed by atoms with Crippen molar-refractivity contribution < 1.29 is 4.79 Å². The van der Waals surface area contributed by atoms with Crippen LogP contribution in [0.5, 0.6) is 0 Å². The minimum atomic E-state index is 0.0169. The van der Waals surface area contributed by atoms with Gasteiger partial charge in [-0.15, -0.1) is 0 Å². The Balaban J connectivity index is 2.08. The molecule has 5 heteroatoms. The zero-order valence-electron chi connectivity index (χ0n) is 12.8. The zero-order chi connectivity index (χ0) is 14.7. The summed E-state index contributed by atoms with van der Waals surface area (Å²) in [6.45, 7) is 2.10. The first-order chi connectivity index (χ1) is 9.49. The normalized spacial score (nSPS) is 17.0. The van der Waals surface area contributed by atoms with E-state index in [0.717, 1.165) is 31.7 Å². The highest BCUT2D eigenvalue weighted by Crippen LogP contribution is 2.17. The van der Waals surface area contributed by atoms with Crippen LogP contribution in [-0.2, 0) is 0 Å². The number of pyridine rings is 1.